The highest BCUT2D eigenvalue weighted by atomic mass is 16.3. The third-order valence-corrected chi connectivity index (χ3v) is 5.08. The topological polar surface area (TPSA) is 61.7 Å². The number of carbonyl (C=O) groups excluding carboxylic acids is 1. The van der Waals surface area contributed by atoms with Crippen LogP contribution in [0.2, 0.25) is 0 Å². The van der Waals surface area contributed by atoms with E-state index in [9.17, 15) is 9.90 Å². The third-order valence-electron chi connectivity index (χ3n) is 5.08. The molecule has 0 aliphatic rings. The largest absolute Gasteiger partial charge is 0.372 e. The molecule has 0 aromatic heterocycles. The summed E-state index contributed by atoms with van der Waals surface area (Å²) in [5.74, 6) is -0.630. The normalized spacial score (nSPS) is 10.9. The Morgan fingerprint density at radius 1 is 0.613 bits per heavy atom. The van der Waals surface area contributed by atoms with E-state index >= 15 is 0 Å². The summed E-state index contributed by atoms with van der Waals surface area (Å²) in [6.07, 6.45) is 0. The van der Waals surface area contributed by atoms with Crippen molar-refractivity contribution in [2.75, 3.05) is 0 Å². The van der Waals surface area contributed by atoms with Gasteiger partial charge in [-0.05, 0) is 11.1 Å². The average molecular weight is 406 g/mol. The standard InChI is InChI=1S/C27H22N2O2/c30-26(27(31,23-17-9-3-10-18-23)24-19-11-4-12-20-24)29-28-25(21-13-5-1-6-14-21)22-15-7-2-8-16-22/h1-20,31H,(H,29,30). The Morgan fingerprint density at radius 2 is 0.968 bits per heavy atom. The van der Waals surface area contributed by atoms with Crippen LogP contribution in [0, 0.1) is 0 Å². The van der Waals surface area contributed by atoms with Crippen molar-refractivity contribution in [3.05, 3.63) is 144 Å². The van der Waals surface area contributed by atoms with Crippen LogP contribution < -0.4 is 5.43 Å². The van der Waals surface area contributed by atoms with Crippen molar-refractivity contribution in [3.63, 3.8) is 0 Å². The van der Waals surface area contributed by atoms with Crippen molar-refractivity contribution in [2.45, 2.75) is 5.60 Å². The fraction of sp³-hybridized carbons (Fsp3) is 0.0370. The third kappa shape index (κ3) is 4.29. The Hall–Kier alpha value is -4.02. The van der Waals surface area contributed by atoms with Gasteiger partial charge in [0, 0.05) is 11.1 Å². The van der Waals surface area contributed by atoms with Crippen LogP contribution in [0.5, 0.6) is 0 Å². The molecule has 4 rings (SSSR count). The molecule has 4 aromatic carbocycles. The Labute approximate surface area is 181 Å². The fourth-order valence-electron chi connectivity index (χ4n) is 3.46. The highest BCUT2D eigenvalue weighted by molar-refractivity contribution is 6.13. The molecular weight excluding hydrogens is 384 g/mol. The number of nitrogens with one attached hydrogen (secondary N) is 1. The van der Waals surface area contributed by atoms with Crippen LogP contribution in [0.1, 0.15) is 22.3 Å². The lowest BCUT2D eigenvalue weighted by atomic mass is 9.85. The summed E-state index contributed by atoms with van der Waals surface area (Å²) < 4.78 is 0. The summed E-state index contributed by atoms with van der Waals surface area (Å²) in [7, 11) is 0. The lowest BCUT2D eigenvalue weighted by Crippen LogP contribution is -2.44. The van der Waals surface area contributed by atoms with Crippen LogP contribution in [0.15, 0.2) is 126 Å². The minimum atomic E-state index is -1.88. The van der Waals surface area contributed by atoms with E-state index in [4.69, 9.17) is 0 Å². The van der Waals surface area contributed by atoms with Crippen LogP contribution in [-0.4, -0.2) is 16.7 Å². The number of amides is 1. The van der Waals surface area contributed by atoms with Crippen molar-refractivity contribution >= 4 is 11.6 Å². The van der Waals surface area contributed by atoms with Gasteiger partial charge in [-0.15, -0.1) is 0 Å². The number of hydrogen-bond donors (Lipinski definition) is 2. The molecule has 0 unspecified atom stereocenters. The second kappa shape index (κ2) is 9.20. The van der Waals surface area contributed by atoms with Crippen LogP contribution >= 0.6 is 0 Å². The zero-order valence-electron chi connectivity index (χ0n) is 16.8. The molecule has 4 heteroatoms. The summed E-state index contributed by atoms with van der Waals surface area (Å²) in [6, 6.07) is 37.0. The van der Waals surface area contributed by atoms with Crippen LogP contribution in [0.3, 0.4) is 0 Å². The first-order valence-electron chi connectivity index (χ1n) is 10.0. The minimum Gasteiger partial charge on any atom is -0.372 e. The number of rotatable bonds is 6. The van der Waals surface area contributed by atoms with Gasteiger partial charge < -0.3 is 5.11 Å². The van der Waals surface area contributed by atoms with E-state index in [0.717, 1.165) is 11.1 Å². The van der Waals surface area contributed by atoms with Crippen molar-refractivity contribution in [1.82, 2.24) is 5.43 Å². The zero-order chi connectivity index (χ0) is 21.5. The highest BCUT2D eigenvalue weighted by Gasteiger charge is 2.40. The second-order valence-electron chi connectivity index (χ2n) is 7.08. The molecule has 1 amide bonds. The van der Waals surface area contributed by atoms with E-state index in [1.807, 2.05) is 72.8 Å². The predicted octanol–water partition coefficient (Wildman–Crippen LogP) is 4.49. The van der Waals surface area contributed by atoms with Gasteiger partial charge in [0.25, 0.3) is 5.91 Å². The Kier molecular flexibility index (Phi) is 6.01. The van der Waals surface area contributed by atoms with Crippen molar-refractivity contribution in [2.24, 2.45) is 5.10 Å². The fourth-order valence-corrected chi connectivity index (χ4v) is 3.46. The van der Waals surface area contributed by atoms with E-state index in [-0.39, 0.29) is 0 Å². The van der Waals surface area contributed by atoms with E-state index in [1.165, 1.54) is 0 Å². The maximum absolute atomic E-state index is 13.4. The number of nitrogens with zero attached hydrogens (tertiary/aromatic N) is 1. The maximum Gasteiger partial charge on any atom is 0.281 e. The van der Waals surface area contributed by atoms with Crippen molar-refractivity contribution in [1.29, 1.82) is 0 Å². The maximum atomic E-state index is 13.4. The molecule has 2 N–H and O–H groups in total. The first-order valence-corrected chi connectivity index (χ1v) is 10.0. The minimum absolute atomic E-state index is 0.467. The molecule has 152 valence electrons. The van der Waals surface area contributed by atoms with Gasteiger partial charge >= 0.3 is 0 Å². The Bertz CT molecular complexity index is 1080. The van der Waals surface area contributed by atoms with E-state index in [1.54, 1.807) is 48.5 Å². The first-order chi connectivity index (χ1) is 15.2. The van der Waals surface area contributed by atoms with E-state index < -0.39 is 11.5 Å². The molecule has 0 spiro atoms. The highest BCUT2D eigenvalue weighted by Crippen LogP contribution is 2.30. The van der Waals surface area contributed by atoms with E-state index in [0.29, 0.717) is 16.8 Å². The summed E-state index contributed by atoms with van der Waals surface area (Å²) in [5.41, 5.74) is 3.99. The quantitative estimate of drug-likeness (QED) is 0.366. The van der Waals surface area contributed by atoms with Gasteiger partial charge in [0.1, 0.15) is 0 Å². The number of aliphatic hydroxyl groups is 1. The molecule has 0 saturated heterocycles. The molecule has 0 heterocycles. The van der Waals surface area contributed by atoms with Gasteiger partial charge in [-0.3, -0.25) is 4.79 Å². The van der Waals surface area contributed by atoms with Gasteiger partial charge in [-0.25, -0.2) is 5.43 Å². The number of hydrazone groups is 1. The Morgan fingerprint density at radius 3 is 1.35 bits per heavy atom. The van der Waals surface area contributed by atoms with Gasteiger partial charge in [-0.2, -0.15) is 5.10 Å². The summed E-state index contributed by atoms with van der Waals surface area (Å²) in [4.78, 5) is 13.4. The van der Waals surface area contributed by atoms with Crippen LogP contribution in [0.25, 0.3) is 0 Å². The smallest absolute Gasteiger partial charge is 0.281 e. The Balaban J connectivity index is 1.75. The molecular formula is C27H22N2O2. The molecule has 0 fully saturated rings. The average Bonchev–Trinajstić information content (AvgIpc) is 2.86. The monoisotopic (exact) mass is 406 g/mol. The SMILES string of the molecule is O=C(NN=C(c1ccccc1)c1ccccc1)C(O)(c1ccccc1)c1ccccc1. The molecule has 0 radical (unpaired) electrons. The summed E-state index contributed by atoms with van der Waals surface area (Å²) in [5, 5.41) is 16.0. The predicted molar refractivity (Wildman–Crippen MR) is 123 cm³/mol. The van der Waals surface area contributed by atoms with Crippen molar-refractivity contribution < 1.29 is 9.90 Å². The molecule has 31 heavy (non-hydrogen) atoms. The summed E-state index contributed by atoms with van der Waals surface area (Å²) >= 11 is 0. The molecule has 0 saturated carbocycles. The molecule has 0 aliphatic carbocycles. The van der Waals surface area contributed by atoms with Crippen LogP contribution in [-0.2, 0) is 10.4 Å². The lowest BCUT2D eigenvalue weighted by Gasteiger charge is -2.27. The number of carbonyl (C=O) groups is 1. The molecule has 4 nitrogen and oxygen atoms in total. The van der Waals surface area contributed by atoms with Crippen molar-refractivity contribution in [3.8, 4) is 0 Å². The van der Waals surface area contributed by atoms with Gasteiger partial charge in [0.05, 0.1) is 5.71 Å². The van der Waals surface area contributed by atoms with Gasteiger partial charge in [0.2, 0.25) is 0 Å². The molecule has 0 atom stereocenters. The molecule has 4 aromatic rings. The number of benzene rings is 4. The zero-order valence-corrected chi connectivity index (χ0v) is 16.8. The van der Waals surface area contributed by atoms with Gasteiger partial charge in [0.15, 0.2) is 5.60 Å². The number of hydrogen-bond acceptors (Lipinski definition) is 3. The van der Waals surface area contributed by atoms with Crippen LogP contribution in [0.4, 0.5) is 0 Å². The van der Waals surface area contributed by atoms with Gasteiger partial charge in [-0.1, -0.05) is 121 Å². The van der Waals surface area contributed by atoms with E-state index in [2.05, 4.69) is 10.5 Å². The molecule has 0 bridgehead atoms. The molecule has 0 aliphatic heterocycles. The summed E-state index contributed by atoms with van der Waals surface area (Å²) in [6.45, 7) is 0. The lowest BCUT2D eigenvalue weighted by molar-refractivity contribution is -0.136. The first kappa shape index (κ1) is 20.3. The second-order valence-corrected chi connectivity index (χ2v) is 7.08.